The summed E-state index contributed by atoms with van der Waals surface area (Å²) in [6.45, 7) is 4.17. The molecule has 23 heavy (non-hydrogen) atoms. The predicted molar refractivity (Wildman–Crippen MR) is 91.2 cm³/mol. The number of rotatable bonds is 7. The molecule has 0 unspecified atom stereocenters. The second-order valence-corrected chi connectivity index (χ2v) is 5.67. The van der Waals surface area contributed by atoms with Gasteiger partial charge in [-0.25, -0.2) is 0 Å². The number of aryl methyl sites for hydroxylation is 1. The SMILES string of the molecule is Cc1ccccc1OC[C@H](C)NC(=O)COc1ccccc1Cl. The number of amides is 1. The first-order chi connectivity index (χ1) is 11.1. The third-order valence-electron chi connectivity index (χ3n) is 3.19. The third kappa shape index (κ3) is 5.49. The van der Waals surface area contributed by atoms with Crippen molar-refractivity contribution in [3.8, 4) is 11.5 Å². The van der Waals surface area contributed by atoms with Crippen LogP contribution in [-0.4, -0.2) is 25.2 Å². The van der Waals surface area contributed by atoms with Gasteiger partial charge >= 0.3 is 0 Å². The van der Waals surface area contributed by atoms with E-state index in [1.807, 2.05) is 38.1 Å². The van der Waals surface area contributed by atoms with Crippen LogP contribution in [-0.2, 0) is 4.79 Å². The first-order valence-corrected chi connectivity index (χ1v) is 7.79. The van der Waals surface area contributed by atoms with Gasteiger partial charge in [0, 0.05) is 0 Å². The number of halogens is 1. The summed E-state index contributed by atoms with van der Waals surface area (Å²) in [7, 11) is 0. The minimum Gasteiger partial charge on any atom is -0.491 e. The molecule has 0 fully saturated rings. The maximum Gasteiger partial charge on any atom is 0.258 e. The molecule has 0 heterocycles. The zero-order chi connectivity index (χ0) is 16.7. The van der Waals surface area contributed by atoms with Crippen molar-refractivity contribution in [2.75, 3.05) is 13.2 Å². The molecular formula is C18H20ClNO3. The third-order valence-corrected chi connectivity index (χ3v) is 3.50. The summed E-state index contributed by atoms with van der Waals surface area (Å²) in [5.74, 6) is 1.10. The van der Waals surface area contributed by atoms with Gasteiger partial charge in [-0.2, -0.15) is 0 Å². The lowest BCUT2D eigenvalue weighted by Gasteiger charge is -2.16. The average Bonchev–Trinajstić information content (AvgIpc) is 2.53. The van der Waals surface area contributed by atoms with E-state index in [-0.39, 0.29) is 18.6 Å². The van der Waals surface area contributed by atoms with E-state index in [4.69, 9.17) is 21.1 Å². The fourth-order valence-electron chi connectivity index (χ4n) is 2.00. The molecule has 2 aromatic carbocycles. The predicted octanol–water partition coefficient (Wildman–Crippen LogP) is 3.61. The molecule has 0 aromatic heterocycles. The van der Waals surface area contributed by atoms with Gasteiger partial charge < -0.3 is 14.8 Å². The first-order valence-electron chi connectivity index (χ1n) is 7.41. The monoisotopic (exact) mass is 333 g/mol. The number of carbonyl (C=O) groups excluding carboxylic acids is 1. The number of ether oxygens (including phenoxy) is 2. The fraction of sp³-hybridized carbons (Fsp3) is 0.278. The Bertz CT molecular complexity index is 660. The minimum atomic E-state index is -0.217. The normalized spacial score (nSPS) is 11.6. The van der Waals surface area contributed by atoms with Crippen molar-refractivity contribution in [1.82, 2.24) is 5.32 Å². The molecule has 0 aliphatic heterocycles. The van der Waals surface area contributed by atoms with Crippen molar-refractivity contribution in [3.05, 3.63) is 59.1 Å². The van der Waals surface area contributed by atoms with E-state index in [1.165, 1.54) is 0 Å². The summed E-state index contributed by atoms with van der Waals surface area (Å²) in [4.78, 5) is 11.9. The van der Waals surface area contributed by atoms with Crippen LogP contribution in [0.1, 0.15) is 12.5 Å². The summed E-state index contributed by atoms with van der Waals surface area (Å²) in [5, 5.41) is 3.31. The molecule has 122 valence electrons. The lowest BCUT2D eigenvalue weighted by molar-refractivity contribution is -0.123. The Kier molecular flexibility index (Phi) is 6.29. The van der Waals surface area contributed by atoms with E-state index in [2.05, 4.69) is 5.32 Å². The van der Waals surface area contributed by atoms with Crippen molar-refractivity contribution in [1.29, 1.82) is 0 Å². The Hall–Kier alpha value is -2.20. The molecule has 2 rings (SSSR count). The molecular weight excluding hydrogens is 314 g/mol. The van der Waals surface area contributed by atoms with Crippen LogP contribution in [0.4, 0.5) is 0 Å². The Morgan fingerprint density at radius 1 is 1.09 bits per heavy atom. The quantitative estimate of drug-likeness (QED) is 0.842. The summed E-state index contributed by atoms with van der Waals surface area (Å²) >= 11 is 5.97. The maximum atomic E-state index is 11.9. The van der Waals surface area contributed by atoms with Gasteiger partial charge in [0.15, 0.2) is 6.61 Å². The molecule has 0 radical (unpaired) electrons. The van der Waals surface area contributed by atoms with Crippen LogP contribution < -0.4 is 14.8 Å². The van der Waals surface area contributed by atoms with Crippen molar-refractivity contribution in [2.24, 2.45) is 0 Å². The van der Waals surface area contributed by atoms with E-state index in [0.717, 1.165) is 11.3 Å². The van der Waals surface area contributed by atoms with Gasteiger partial charge in [-0.15, -0.1) is 0 Å². The molecule has 0 bridgehead atoms. The van der Waals surface area contributed by atoms with Gasteiger partial charge in [0.2, 0.25) is 0 Å². The van der Waals surface area contributed by atoms with Crippen LogP contribution in [0.15, 0.2) is 48.5 Å². The molecule has 1 N–H and O–H groups in total. The highest BCUT2D eigenvalue weighted by Gasteiger charge is 2.10. The van der Waals surface area contributed by atoms with Gasteiger partial charge in [-0.1, -0.05) is 41.9 Å². The van der Waals surface area contributed by atoms with Crippen molar-refractivity contribution in [2.45, 2.75) is 19.9 Å². The molecule has 5 heteroatoms. The van der Waals surface area contributed by atoms with Gasteiger partial charge in [0.1, 0.15) is 18.1 Å². The molecule has 0 saturated carbocycles. The summed E-state index contributed by atoms with van der Waals surface area (Å²) in [5.41, 5.74) is 1.06. The number of nitrogens with one attached hydrogen (secondary N) is 1. The standard InChI is InChI=1S/C18H20ClNO3/c1-13-7-3-5-9-16(13)22-11-14(2)20-18(21)12-23-17-10-6-4-8-15(17)19/h3-10,14H,11-12H2,1-2H3,(H,20,21)/t14-/m0/s1. The molecule has 2 aromatic rings. The zero-order valence-corrected chi connectivity index (χ0v) is 14.0. The smallest absolute Gasteiger partial charge is 0.258 e. The largest absolute Gasteiger partial charge is 0.491 e. The van der Waals surface area contributed by atoms with Crippen molar-refractivity contribution < 1.29 is 14.3 Å². The van der Waals surface area contributed by atoms with Crippen LogP contribution in [0.3, 0.4) is 0 Å². The van der Waals surface area contributed by atoms with E-state index >= 15 is 0 Å². The van der Waals surface area contributed by atoms with E-state index < -0.39 is 0 Å². The molecule has 0 aliphatic rings. The van der Waals surface area contributed by atoms with E-state index in [0.29, 0.717) is 17.4 Å². The Labute approximate surface area is 141 Å². The van der Waals surface area contributed by atoms with Crippen LogP contribution in [0.5, 0.6) is 11.5 Å². The highest BCUT2D eigenvalue weighted by Crippen LogP contribution is 2.22. The maximum absolute atomic E-state index is 11.9. The highest BCUT2D eigenvalue weighted by atomic mass is 35.5. The topological polar surface area (TPSA) is 47.6 Å². The van der Waals surface area contributed by atoms with Gasteiger partial charge in [-0.3, -0.25) is 4.79 Å². The number of hydrogen-bond acceptors (Lipinski definition) is 3. The lowest BCUT2D eigenvalue weighted by Crippen LogP contribution is -2.39. The van der Waals surface area contributed by atoms with Crippen LogP contribution in [0, 0.1) is 6.92 Å². The summed E-state index contributed by atoms with van der Waals surface area (Å²) in [6.07, 6.45) is 0. The highest BCUT2D eigenvalue weighted by molar-refractivity contribution is 6.32. The van der Waals surface area contributed by atoms with Gasteiger partial charge in [0.05, 0.1) is 11.1 Å². The number of para-hydroxylation sites is 2. The summed E-state index contributed by atoms with van der Waals surface area (Å²) in [6, 6.07) is 14.7. The van der Waals surface area contributed by atoms with Crippen LogP contribution in [0.25, 0.3) is 0 Å². The fourth-order valence-corrected chi connectivity index (χ4v) is 2.19. The Morgan fingerprint density at radius 2 is 1.74 bits per heavy atom. The molecule has 0 aliphatic carbocycles. The first kappa shape index (κ1) is 17.2. The molecule has 4 nitrogen and oxygen atoms in total. The van der Waals surface area contributed by atoms with E-state index in [9.17, 15) is 4.79 Å². The molecule has 1 atom stereocenters. The second kappa shape index (κ2) is 8.44. The Morgan fingerprint density at radius 3 is 2.43 bits per heavy atom. The van der Waals surface area contributed by atoms with Crippen LogP contribution in [0.2, 0.25) is 5.02 Å². The van der Waals surface area contributed by atoms with Crippen LogP contribution >= 0.6 is 11.6 Å². The van der Waals surface area contributed by atoms with Gasteiger partial charge in [0.25, 0.3) is 5.91 Å². The zero-order valence-electron chi connectivity index (χ0n) is 13.2. The number of carbonyl (C=O) groups is 1. The lowest BCUT2D eigenvalue weighted by atomic mass is 10.2. The second-order valence-electron chi connectivity index (χ2n) is 5.26. The minimum absolute atomic E-state index is 0.0849. The molecule has 0 spiro atoms. The number of hydrogen-bond donors (Lipinski definition) is 1. The molecule has 1 amide bonds. The Balaban J connectivity index is 1.74. The summed E-state index contributed by atoms with van der Waals surface area (Å²) < 4.78 is 11.1. The van der Waals surface area contributed by atoms with Crippen molar-refractivity contribution >= 4 is 17.5 Å². The van der Waals surface area contributed by atoms with Crippen molar-refractivity contribution in [3.63, 3.8) is 0 Å². The average molecular weight is 334 g/mol. The van der Waals surface area contributed by atoms with E-state index in [1.54, 1.807) is 24.3 Å². The van der Waals surface area contributed by atoms with Gasteiger partial charge in [-0.05, 0) is 37.6 Å². The number of benzene rings is 2. The molecule has 0 saturated heterocycles.